The van der Waals surface area contributed by atoms with Crippen LogP contribution in [0.4, 0.5) is 5.69 Å². The number of hydrogen-bond donors (Lipinski definition) is 2. The van der Waals surface area contributed by atoms with Crippen LogP contribution in [-0.4, -0.2) is 27.8 Å². The summed E-state index contributed by atoms with van der Waals surface area (Å²) in [5.74, 6) is -0.360. The molecule has 2 aromatic rings. The standard InChI is InChI=1S/C13H14N4O3S/c1-3-9-7-15-13(16-9)21-11-5-4-8(12(18)14-2)6-10(11)17(19)20/h4-7H,3H2,1-2H3,(H,14,18)(H,15,16). The molecule has 0 saturated carbocycles. The summed E-state index contributed by atoms with van der Waals surface area (Å²) in [5, 5.41) is 14.2. The zero-order valence-electron chi connectivity index (χ0n) is 11.5. The molecular weight excluding hydrogens is 292 g/mol. The number of rotatable bonds is 5. The molecule has 8 heteroatoms. The van der Waals surface area contributed by atoms with Crippen LogP contribution in [0.15, 0.2) is 34.4 Å². The molecule has 2 N–H and O–H groups in total. The zero-order valence-corrected chi connectivity index (χ0v) is 12.4. The first-order valence-electron chi connectivity index (χ1n) is 6.27. The Morgan fingerprint density at radius 1 is 1.52 bits per heavy atom. The molecule has 0 bridgehead atoms. The third-order valence-corrected chi connectivity index (χ3v) is 3.80. The van der Waals surface area contributed by atoms with Crippen LogP contribution in [0.25, 0.3) is 0 Å². The van der Waals surface area contributed by atoms with Crippen molar-refractivity contribution in [3.05, 3.63) is 45.8 Å². The molecule has 0 aliphatic rings. The SMILES string of the molecule is CCc1cnc(Sc2ccc(C(=O)NC)cc2[N+](=O)[O-])[nH]1. The minimum atomic E-state index is -0.502. The van der Waals surface area contributed by atoms with Gasteiger partial charge in [-0.15, -0.1) is 0 Å². The largest absolute Gasteiger partial charge is 0.355 e. The van der Waals surface area contributed by atoms with Gasteiger partial charge in [-0.05, 0) is 30.3 Å². The smallest absolute Gasteiger partial charge is 0.284 e. The van der Waals surface area contributed by atoms with Gasteiger partial charge in [0.15, 0.2) is 5.16 Å². The second-order valence-corrected chi connectivity index (χ2v) is 5.22. The third-order valence-electron chi connectivity index (χ3n) is 2.84. The Kier molecular flexibility index (Phi) is 4.59. The van der Waals surface area contributed by atoms with E-state index >= 15 is 0 Å². The summed E-state index contributed by atoms with van der Waals surface area (Å²) in [6.45, 7) is 1.99. The van der Waals surface area contributed by atoms with Gasteiger partial charge in [-0.1, -0.05) is 6.92 Å². The number of aryl methyl sites for hydroxylation is 1. The van der Waals surface area contributed by atoms with Crippen LogP contribution in [0.1, 0.15) is 23.0 Å². The minimum absolute atomic E-state index is 0.115. The monoisotopic (exact) mass is 306 g/mol. The van der Waals surface area contributed by atoms with Crippen molar-refractivity contribution in [3.8, 4) is 0 Å². The molecule has 110 valence electrons. The van der Waals surface area contributed by atoms with Gasteiger partial charge in [0.05, 0.1) is 9.82 Å². The van der Waals surface area contributed by atoms with Crippen molar-refractivity contribution in [1.29, 1.82) is 0 Å². The topological polar surface area (TPSA) is 101 Å². The molecule has 1 aromatic carbocycles. The highest BCUT2D eigenvalue weighted by Gasteiger charge is 2.19. The summed E-state index contributed by atoms with van der Waals surface area (Å²) in [6.07, 6.45) is 2.51. The van der Waals surface area contributed by atoms with Gasteiger partial charge in [-0.3, -0.25) is 14.9 Å². The number of amides is 1. The van der Waals surface area contributed by atoms with E-state index in [1.54, 1.807) is 18.3 Å². The van der Waals surface area contributed by atoms with Crippen LogP contribution in [0, 0.1) is 10.1 Å². The first-order chi connectivity index (χ1) is 10.0. The maximum atomic E-state index is 11.5. The number of benzene rings is 1. The third kappa shape index (κ3) is 3.40. The predicted octanol–water partition coefficient (Wildman–Crippen LogP) is 2.39. The van der Waals surface area contributed by atoms with Crippen molar-refractivity contribution < 1.29 is 9.72 Å². The van der Waals surface area contributed by atoms with E-state index < -0.39 is 4.92 Å². The average Bonchev–Trinajstić information content (AvgIpc) is 2.94. The van der Waals surface area contributed by atoms with Crippen molar-refractivity contribution in [2.24, 2.45) is 0 Å². The van der Waals surface area contributed by atoms with Crippen molar-refractivity contribution in [2.45, 2.75) is 23.4 Å². The predicted molar refractivity (Wildman–Crippen MR) is 78.6 cm³/mol. The fraction of sp³-hybridized carbons (Fsp3) is 0.231. The van der Waals surface area contributed by atoms with Gasteiger partial charge in [-0.2, -0.15) is 0 Å². The Morgan fingerprint density at radius 2 is 2.29 bits per heavy atom. The molecule has 0 aliphatic carbocycles. The Labute approximate surface area is 125 Å². The molecule has 0 unspecified atom stereocenters. The number of carbonyl (C=O) groups excluding carboxylic acids is 1. The summed E-state index contributed by atoms with van der Waals surface area (Å²) in [7, 11) is 1.48. The Morgan fingerprint density at radius 3 is 2.86 bits per heavy atom. The molecule has 0 atom stereocenters. The van der Waals surface area contributed by atoms with E-state index in [1.807, 2.05) is 6.92 Å². The molecule has 0 spiro atoms. The lowest BCUT2D eigenvalue weighted by molar-refractivity contribution is -0.387. The van der Waals surface area contributed by atoms with Crippen LogP contribution in [0.3, 0.4) is 0 Å². The first kappa shape index (κ1) is 15.0. The number of carbonyl (C=O) groups is 1. The summed E-state index contributed by atoms with van der Waals surface area (Å²) >= 11 is 1.17. The van der Waals surface area contributed by atoms with E-state index in [2.05, 4.69) is 15.3 Å². The number of nitrogens with zero attached hydrogens (tertiary/aromatic N) is 2. The van der Waals surface area contributed by atoms with Crippen molar-refractivity contribution in [3.63, 3.8) is 0 Å². The van der Waals surface area contributed by atoms with Gasteiger partial charge in [0.2, 0.25) is 0 Å². The highest BCUT2D eigenvalue weighted by atomic mass is 32.2. The quantitative estimate of drug-likeness (QED) is 0.652. The molecule has 0 saturated heterocycles. The lowest BCUT2D eigenvalue weighted by Gasteiger charge is -2.04. The molecule has 2 rings (SSSR count). The van der Waals surface area contributed by atoms with E-state index in [9.17, 15) is 14.9 Å². The van der Waals surface area contributed by atoms with Crippen molar-refractivity contribution in [1.82, 2.24) is 15.3 Å². The number of nitrogens with one attached hydrogen (secondary N) is 2. The Balaban J connectivity index is 2.34. The van der Waals surface area contributed by atoms with Crippen molar-refractivity contribution in [2.75, 3.05) is 7.05 Å². The number of aromatic nitrogens is 2. The Hall–Kier alpha value is -2.35. The average molecular weight is 306 g/mol. The highest BCUT2D eigenvalue weighted by molar-refractivity contribution is 7.99. The molecule has 1 aromatic heterocycles. The van der Waals surface area contributed by atoms with E-state index in [1.165, 1.54) is 24.9 Å². The maximum absolute atomic E-state index is 11.5. The maximum Gasteiger partial charge on any atom is 0.284 e. The number of aromatic amines is 1. The number of nitro benzene ring substituents is 1. The summed E-state index contributed by atoms with van der Waals surface area (Å²) < 4.78 is 0. The van der Waals surface area contributed by atoms with E-state index in [0.717, 1.165) is 12.1 Å². The molecule has 7 nitrogen and oxygen atoms in total. The number of nitro groups is 1. The van der Waals surface area contributed by atoms with Gasteiger partial charge in [0.25, 0.3) is 11.6 Å². The lowest BCUT2D eigenvalue weighted by Crippen LogP contribution is -2.17. The normalized spacial score (nSPS) is 10.4. The molecule has 1 heterocycles. The van der Waals surface area contributed by atoms with Gasteiger partial charge >= 0.3 is 0 Å². The molecule has 1 amide bonds. The molecule has 0 fully saturated rings. The lowest BCUT2D eigenvalue weighted by atomic mass is 10.2. The van der Waals surface area contributed by atoms with Gasteiger partial charge in [-0.25, -0.2) is 4.98 Å². The summed E-state index contributed by atoms with van der Waals surface area (Å²) in [4.78, 5) is 29.9. The van der Waals surface area contributed by atoms with Crippen LogP contribution in [0.2, 0.25) is 0 Å². The van der Waals surface area contributed by atoms with E-state index in [-0.39, 0.29) is 17.2 Å². The number of H-pyrrole nitrogens is 1. The summed E-state index contributed by atoms with van der Waals surface area (Å²) in [6, 6.07) is 4.38. The zero-order chi connectivity index (χ0) is 15.4. The molecule has 0 aliphatic heterocycles. The Bertz CT molecular complexity index is 684. The van der Waals surface area contributed by atoms with E-state index in [4.69, 9.17) is 0 Å². The molecule has 0 radical (unpaired) electrons. The fourth-order valence-corrected chi connectivity index (χ4v) is 2.58. The van der Waals surface area contributed by atoms with Crippen LogP contribution < -0.4 is 5.32 Å². The fourth-order valence-electron chi connectivity index (χ4n) is 1.71. The number of hydrogen-bond acceptors (Lipinski definition) is 5. The minimum Gasteiger partial charge on any atom is -0.355 e. The second kappa shape index (κ2) is 6.40. The van der Waals surface area contributed by atoms with Crippen molar-refractivity contribution >= 4 is 23.4 Å². The van der Waals surface area contributed by atoms with Gasteiger partial charge < -0.3 is 10.3 Å². The van der Waals surface area contributed by atoms with Crippen LogP contribution in [0.5, 0.6) is 0 Å². The van der Waals surface area contributed by atoms with E-state index in [0.29, 0.717) is 10.1 Å². The second-order valence-electron chi connectivity index (χ2n) is 4.19. The number of imidazole rings is 1. The highest BCUT2D eigenvalue weighted by Crippen LogP contribution is 2.33. The first-order valence-corrected chi connectivity index (χ1v) is 7.09. The molecular formula is C13H14N4O3S. The van der Waals surface area contributed by atoms with Crippen LogP contribution >= 0.6 is 11.8 Å². The summed E-state index contributed by atoms with van der Waals surface area (Å²) in [5.41, 5.74) is 1.10. The van der Waals surface area contributed by atoms with Gasteiger partial charge in [0, 0.05) is 30.6 Å². The molecule has 21 heavy (non-hydrogen) atoms. The van der Waals surface area contributed by atoms with Gasteiger partial charge in [0.1, 0.15) is 0 Å². The van der Waals surface area contributed by atoms with Crippen LogP contribution in [-0.2, 0) is 6.42 Å².